The van der Waals surface area contributed by atoms with Gasteiger partial charge in [-0.2, -0.15) is 0 Å². The van der Waals surface area contributed by atoms with E-state index in [-0.39, 0.29) is 0 Å². The van der Waals surface area contributed by atoms with Gasteiger partial charge in [0.25, 0.3) is 0 Å². The number of hydrogen-bond acceptors (Lipinski definition) is 3. The van der Waals surface area contributed by atoms with Crippen molar-refractivity contribution in [3.05, 3.63) is 67.3 Å². The largest absolute Gasteiger partial charge is 0.216 e. The molecule has 0 aliphatic heterocycles. The molecule has 3 heteroatoms. The summed E-state index contributed by atoms with van der Waals surface area (Å²) in [4.78, 5) is 12.1. The Labute approximate surface area is 116 Å². The monoisotopic (exact) mass is 256 g/mol. The van der Waals surface area contributed by atoms with E-state index >= 15 is 0 Å². The summed E-state index contributed by atoms with van der Waals surface area (Å²) < 4.78 is 0. The summed E-state index contributed by atoms with van der Waals surface area (Å²) in [7, 11) is 0. The van der Waals surface area contributed by atoms with Gasteiger partial charge in [0.15, 0.2) is 5.82 Å². The van der Waals surface area contributed by atoms with Crippen LogP contribution in [0.2, 0.25) is 0 Å². The minimum absolute atomic E-state index is 0.654. The molecule has 1 aromatic heterocycles. The fourth-order valence-corrected chi connectivity index (χ4v) is 2.51. The number of benzene rings is 3. The molecule has 0 aliphatic rings. The van der Waals surface area contributed by atoms with Gasteiger partial charge in [-0.1, -0.05) is 42.5 Å². The van der Waals surface area contributed by atoms with Crippen molar-refractivity contribution >= 4 is 21.5 Å². The van der Waals surface area contributed by atoms with Crippen LogP contribution >= 0.6 is 0 Å². The summed E-state index contributed by atoms with van der Waals surface area (Å²) in [6.45, 7) is 0. The van der Waals surface area contributed by atoms with Crippen LogP contribution in [0.1, 0.15) is 0 Å². The topological polar surface area (TPSA) is 38.7 Å². The van der Waals surface area contributed by atoms with E-state index in [0.717, 1.165) is 10.9 Å². The van der Waals surface area contributed by atoms with Gasteiger partial charge in [-0.05, 0) is 33.7 Å². The van der Waals surface area contributed by atoms with E-state index in [2.05, 4.69) is 57.7 Å². The standard InChI is InChI=1S/C17H10N3/c1-2-5-13-9-16-14(8-12(13)4-1)6-3-7-15(16)17-19-10-18-11-20-17/h1-10H. The summed E-state index contributed by atoms with van der Waals surface area (Å²) >= 11 is 0. The maximum atomic E-state index is 4.23. The Morgan fingerprint density at radius 2 is 1.60 bits per heavy atom. The molecule has 0 saturated carbocycles. The number of fused-ring (bicyclic) bond motifs is 2. The van der Waals surface area contributed by atoms with Crippen molar-refractivity contribution in [2.75, 3.05) is 0 Å². The van der Waals surface area contributed by atoms with Gasteiger partial charge in [0.2, 0.25) is 6.33 Å². The predicted molar refractivity (Wildman–Crippen MR) is 79.1 cm³/mol. The van der Waals surface area contributed by atoms with E-state index < -0.39 is 0 Å². The van der Waals surface area contributed by atoms with Crippen LogP contribution < -0.4 is 0 Å². The molecule has 0 fully saturated rings. The van der Waals surface area contributed by atoms with E-state index in [9.17, 15) is 0 Å². The quantitative estimate of drug-likeness (QED) is 0.488. The molecule has 4 aromatic rings. The molecule has 0 atom stereocenters. The Morgan fingerprint density at radius 3 is 2.40 bits per heavy atom. The Kier molecular flexibility index (Phi) is 2.42. The Balaban J connectivity index is 2.09. The molecule has 3 nitrogen and oxygen atoms in total. The molecule has 4 rings (SSSR count). The van der Waals surface area contributed by atoms with Crippen LogP contribution in [0, 0.1) is 6.33 Å². The highest BCUT2D eigenvalue weighted by atomic mass is 15.0. The molecule has 3 aromatic carbocycles. The molecule has 0 bridgehead atoms. The van der Waals surface area contributed by atoms with Gasteiger partial charge in [0, 0.05) is 5.56 Å². The molecular formula is C17H10N3. The van der Waals surface area contributed by atoms with Gasteiger partial charge in [0.05, 0.1) is 0 Å². The average molecular weight is 256 g/mol. The first kappa shape index (κ1) is 11.1. The lowest BCUT2D eigenvalue weighted by molar-refractivity contribution is 1.05. The highest BCUT2D eigenvalue weighted by Crippen LogP contribution is 2.29. The van der Waals surface area contributed by atoms with Gasteiger partial charge in [0.1, 0.15) is 6.33 Å². The van der Waals surface area contributed by atoms with E-state index in [0.29, 0.717) is 5.82 Å². The highest BCUT2D eigenvalue weighted by Gasteiger charge is 2.07. The van der Waals surface area contributed by atoms with Crippen LogP contribution in [-0.2, 0) is 0 Å². The molecule has 0 amide bonds. The Bertz CT molecular complexity index is 901. The van der Waals surface area contributed by atoms with Crippen molar-refractivity contribution in [3.63, 3.8) is 0 Å². The zero-order chi connectivity index (χ0) is 13.4. The lowest BCUT2D eigenvalue weighted by Gasteiger charge is -2.07. The fraction of sp³-hybridized carbons (Fsp3) is 0. The molecule has 1 heterocycles. The third-order valence-electron chi connectivity index (χ3n) is 3.44. The minimum Gasteiger partial charge on any atom is -0.216 e. The van der Waals surface area contributed by atoms with Crippen molar-refractivity contribution < 1.29 is 0 Å². The third-order valence-corrected chi connectivity index (χ3v) is 3.44. The first-order chi connectivity index (χ1) is 9.92. The van der Waals surface area contributed by atoms with Crippen molar-refractivity contribution in [2.45, 2.75) is 0 Å². The maximum Gasteiger partial charge on any atom is 0.201 e. The minimum atomic E-state index is 0.654. The van der Waals surface area contributed by atoms with Gasteiger partial charge >= 0.3 is 0 Å². The first-order valence-electron chi connectivity index (χ1n) is 6.39. The normalized spacial score (nSPS) is 11.0. The number of nitrogens with zero attached hydrogens (tertiary/aromatic N) is 3. The van der Waals surface area contributed by atoms with E-state index in [4.69, 9.17) is 0 Å². The van der Waals surface area contributed by atoms with Crippen LogP contribution in [-0.4, -0.2) is 15.0 Å². The molecule has 0 unspecified atom stereocenters. The second kappa shape index (κ2) is 4.38. The summed E-state index contributed by atoms with van der Waals surface area (Å²) in [5.74, 6) is 0.654. The zero-order valence-corrected chi connectivity index (χ0v) is 10.6. The van der Waals surface area contributed by atoms with Crippen molar-refractivity contribution in [2.24, 2.45) is 0 Å². The fourth-order valence-electron chi connectivity index (χ4n) is 2.51. The molecule has 0 N–H and O–H groups in total. The van der Waals surface area contributed by atoms with Crippen molar-refractivity contribution in [1.29, 1.82) is 0 Å². The number of rotatable bonds is 1. The van der Waals surface area contributed by atoms with Crippen LogP contribution in [0.4, 0.5) is 0 Å². The van der Waals surface area contributed by atoms with E-state index in [1.807, 2.05) is 18.2 Å². The van der Waals surface area contributed by atoms with Crippen LogP contribution in [0.5, 0.6) is 0 Å². The molecule has 1 radical (unpaired) electrons. The average Bonchev–Trinajstić information content (AvgIpc) is 2.53. The van der Waals surface area contributed by atoms with Gasteiger partial charge in [-0.3, -0.25) is 0 Å². The summed E-state index contributed by atoms with van der Waals surface area (Å²) in [5, 5.41) is 4.78. The maximum absolute atomic E-state index is 4.23. The molecule has 0 aliphatic carbocycles. The summed E-state index contributed by atoms with van der Waals surface area (Å²) in [5.41, 5.74) is 1.01. The zero-order valence-electron chi connectivity index (χ0n) is 10.6. The summed E-state index contributed by atoms with van der Waals surface area (Å²) in [6, 6.07) is 18.9. The lowest BCUT2D eigenvalue weighted by Crippen LogP contribution is -1.90. The summed E-state index contributed by atoms with van der Waals surface area (Å²) in [6.07, 6.45) is 4.07. The van der Waals surface area contributed by atoms with Crippen molar-refractivity contribution in [3.8, 4) is 11.4 Å². The SMILES string of the molecule is [c]1ncnc(-c2cccc3cc4ccccc4cc23)n1. The number of aromatic nitrogens is 3. The second-order valence-electron chi connectivity index (χ2n) is 4.64. The van der Waals surface area contributed by atoms with Crippen molar-refractivity contribution in [1.82, 2.24) is 15.0 Å². The van der Waals surface area contributed by atoms with Crippen LogP contribution in [0.25, 0.3) is 32.9 Å². The Hall–Kier alpha value is -2.81. The third kappa shape index (κ3) is 1.72. The van der Waals surface area contributed by atoms with Gasteiger partial charge in [-0.25, -0.2) is 15.0 Å². The van der Waals surface area contributed by atoms with Gasteiger partial charge < -0.3 is 0 Å². The molecule has 0 spiro atoms. The number of hydrogen-bond donors (Lipinski definition) is 0. The first-order valence-corrected chi connectivity index (χ1v) is 6.39. The molecule has 93 valence electrons. The smallest absolute Gasteiger partial charge is 0.201 e. The van der Waals surface area contributed by atoms with Crippen LogP contribution in [0.15, 0.2) is 60.9 Å². The lowest BCUT2D eigenvalue weighted by atomic mass is 9.99. The molecule has 20 heavy (non-hydrogen) atoms. The van der Waals surface area contributed by atoms with E-state index in [1.54, 1.807) is 0 Å². The predicted octanol–water partition coefficient (Wildman–Crippen LogP) is 3.65. The van der Waals surface area contributed by atoms with Gasteiger partial charge in [-0.15, -0.1) is 0 Å². The van der Waals surface area contributed by atoms with E-state index in [1.165, 1.54) is 22.5 Å². The second-order valence-corrected chi connectivity index (χ2v) is 4.64. The highest BCUT2D eigenvalue weighted by molar-refractivity contribution is 6.04. The Morgan fingerprint density at radius 1 is 0.800 bits per heavy atom. The molecule has 0 saturated heterocycles. The molecular weight excluding hydrogens is 246 g/mol. The van der Waals surface area contributed by atoms with Crippen LogP contribution in [0.3, 0.4) is 0 Å².